The molecule has 2 fully saturated rings. The van der Waals surface area contributed by atoms with Gasteiger partial charge in [0, 0.05) is 19.1 Å². The average Bonchev–Trinajstić information content (AvgIpc) is 2.65. The summed E-state index contributed by atoms with van der Waals surface area (Å²) in [7, 11) is 0. The van der Waals surface area contributed by atoms with Crippen LogP contribution in [0.3, 0.4) is 0 Å². The molecule has 0 amide bonds. The van der Waals surface area contributed by atoms with E-state index in [1.165, 1.54) is 32.4 Å². The molecule has 2 rings (SSSR count). The van der Waals surface area contributed by atoms with E-state index < -0.39 is 0 Å². The minimum Gasteiger partial charge on any atom is -0.390 e. The predicted octanol–water partition coefficient (Wildman–Crippen LogP) is 0.441. The summed E-state index contributed by atoms with van der Waals surface area (Å²) in [5.41, 5.74) is 0. The van der Waals surface area contributed by atoms with Gasteiger partial charge in [-0.15, -0.1) is 0 Å². The third kappa shape index (κ3) is 2.10. The Morgan fingerprint density at radius 1 is 1.29 bits per heavy atom. The Labute approximate surface area is 86.5 Å². The normalized spacial score (nSPS) is 36.4. The first-order valence-corrected chi connectivity index (χ1v) is 5.94. The van der Waals surface area contributed by atoms with E-state index in [4.69, 9.17) is 0 Å². The molecule has 0 aliphatic carbocycles. The summed E-state index contributed by atoms with van der Waals surface area (Å²) in [5, 5.41) is 13.0. The Morgan fingerprint density at radius 2 is 2.00 bits per heavy atom. The van der Waals surface area contributed by atoms with Gasteiger partial charge in [0.1, 0.15) is 0 Å². The van der Waals surface area contributed by atoms with Crippen LogP contribution in [0.1, 0.15) is 26.2 Å². The van der Waals surface area contributed by atoms with Gasteiger partial charge in [-0.05, 0) is 31.8 Å². The fourth-order valence-corrected chi connectivity index (χ4v) is 2.72. The zero-order valence-electron chi connectivity index (χ0n) is 9.08. The molecule has 2 aliphatic rings. The monoisotopic (exact) mass is 198 g/mol. The van der Waals surface area contributed by atoms with Gasteiger partial charge in [0.25, 0.3) is 0 Å². The van der Waals surface area contributed by atoms with Crippen molar-refractivity contribution < 1.29 is 5.11 Å². The topological polar surface area (TPSA) is 35.5 Å². The number of nitrogens with one attached hydrogen (secondary N) is 1. The van der Waals surface area contributed by atoms with Crippen molar-refractivity contribution >= 4 is 0 Å². The standard InChI is InChI=1S/C11H22N2O/c1-2-9-3-5-13(6-4-9)10-7-12-8-11(10)14/h9-12,14H,2-8H2,1H3/t10-,11-/m1/s1. The number of hydrogen-bond acceptors (Lipinski definition) is 3. The molecule has 2 aliphatic heterocycles. The van der Waals surface area contributed by atoms with Crippen molar-refractivity contribution in [3.05, 3.63) is 0 Å². The van der Waals surface area contributed by atoms with E-state index >= 15 is 0 Å². The summed E-state index contributed by atoms with van der Waals surface area (Å²) in [6.07, 6.45) is 3.81. The van der Waals surface area contributed by atoms with Crippen molar-refractivity contribution in [1.29, 1.82) is 0 Å². The van der Waals surface area contributed by atoms with Crippen LogP contribution in [0.15, 0.2) is 0 Å². The highest BCUT2D eigenvalue weighted by atomic mass is 16.3. The van der Waals surface area contributed by atoms with Gasteiger partial charge < -0.3 is 10.4 Å². The van der Waals surface area contributed by atoms with Gasteiger partial charge in [0.15, 0.2) is 0 Å². The van der Waals surface area contributed by atoms with Gasteiger partial charge in [0.05, 0.1) is 6.10 Å². The number of rotatable bonds is 2. The first kappa shape index (κ1) is 10.4. The SMILES string of the molecule is CCC1CCN([C@@H]2CNC[C@H]2O)CC1. The number of aliphatic hydroxyl groups excluding tert-OH is 1. The Morgan fingerprint density at radius 3 is 2.50 bits per heavy atom. The molecule has 2 atom stereocenters. The maximum Gasteiger partial charge on any atom is 0.0831 e. The van der Waals surface area contributed by atoms with Crippen LogP contribution in [0.5, 0.6) is 0 Å². The molecule has 3 heteroatoms. The lowest BCUT2D eigenvalue weighted by Crippen LogP contribution is -2.47. The summed E-state index contributed by atoms with van der Waals surface area (Å²) in [6.45, 7) is 6.40. The number of aliphatic hydroxyl groups is 1. The highest BCUT2D eigenvalue weighted by molar-refractivity contribution is 4.90. The van der Waals surface area contributed by atoms with Gasteiger partial charge in [-0.25, -0.2) is 0 Å². The van der Waals surface area contributed by atoms with Gasteiger partial charge in [-0.3, -0.25) is 4.90 Å². The van der Waals surface area contributed by atoms with E-state index in [0.717, 1.165) is 19.0 Å². The third-order valence-electron chi connectivity index (χ3n) is 3.85. The minimum absolute atomic E-state index is 0.145. The van der Waals surface area contributed by atoms with Crippen LogP contribution in [0.2, 0.25) is 0 Å². The van der Waals surface area contributed by atoms with Crippen molar-refractivity contribution in [2.24, 2.45) is 5.92 Å². The number of nitrogens with zero attached hydrogens (tertiary/aromatic N) is 1. The maximum absolute atomic E-state index is 9.76. The van der Waals surface area contributed by atoms with Crippen molar-refractivity contribution in [2.75, 3.05) is 26.2 Å². The molecule has 2 saturated heterocycles. The molecule has 0 aromatic carbocycles. The molecular weight excluding hydrogens is 176 g/mol. The Hall–Kier alpha value is -0.120. The van der Waals surface area contributed by atoms with Crippen molar-refractivity contribution in [3.8, 4) is 0 Å². The predicted molar refractivity (Wildman–Crippen MR) is 57.3 cm³/mol. The maximum atomic E-state index is 9.76. The summed E-state index contributed by atoms with van der Waals surface area (Å²) < 4.78 is 0. The lowest BCUT2D eigenvalue weighted by molar-refractivity contribution is 0.0583. The Bertz CT molecular complexity index is 178. The van der Waals surface area contributed by atoms with Crippen LogP contribution < -0.4 is 5.32 Å². The zero-order valence-corrected chi connectivity index (χ0v) is 9.08. The molecule has 0 spiro atoms. The second-order valence-electron chi connectivity index (χ2n) is 4.68. The van der Waals surface area contributed by atoms with Crippen LogP contribution in [-0.4, -0.2) is 48.3 Å². The molecule has 0 unspecified atom stereocenters. The van der Waals surface area contributed by atoms with Crippen LogP contribution in [0, 0.1) is 5.92 Å². The van der Waals surface area contributed by atoms with Crippen molar-refractivity contribution in [1.82, 2.24) is 10.2 Å². The van der Waals surface area contributed by atoms with Gasteiger partial charge >= 0.3 is 0 Å². The van der Waals surface area contributed by atoms with Crippen LogP contribution >= 0.6 is 0 Å². The molecule has 82 valence electrons. The van der Waals surface area contributed by atoms with Crippen LogP contribution in [0.25, 0.3) is 0 Å². The lowest BCUT2D eigenvalue weighted by Gasteiger charge is -2.36. The van der Waals surface area contributed by atoms with E-state index in [2.05, 4.69) is 17.1 Å². The number of hydrogen-bond donors (Lipinski definition) is 2. The van der Waals surface area contributed by atoms with Gasteiger partial charge in [-0.2, -0.15) is 0 Å². The summed E-state index contributed by atoms with van der Waals surface area (Å²) >= 11 is 0. The first-order valence-electron chi connectivity index (χ1n) is 5.94. The molecule has 0 radical (unpaired) electrons. The number of likely N-dealkylation sites (tertiary alicyclic amines) is 1. The summed E-state index contributed by atoms with van der Waals surface area (Å²) in [5.74, 6) is 0.928. The second kappa shape index (κ2) is 4.60. The third-order valence-corrected chi connectivity index (χ3v) is 3.85. The van der Waals surface area contributed by atoms with Gasteiger partial charge in [0.2, 0.25) is 0 Å². The molecule has 2 N–H and O–H groups in total. The van der Waals surface area contributed by atoms with E-state index in [9.17, 15) is 5.11 Å². The fourth-order valence-electron chi connectivity index (χ4n) is 2.72. The molecule has 3 nitrogen and oxygen atoms in total. The number of β-amino-alcohol motifs (C(OH)–C–C–N with tert-alkyl or cyclic N) is 1. The molecule has 2 heterocycles. The second-order valence-corrected chi connectivity index (χ2v) is 4.68. The molecular formula is C11H22N2O. The lowest BCUT2D eigenvalue weighted by atomic mass is 9.93. The van der Waals surface area contributed by atoms with Crippen molar-refractivity contribution in [2.45, 2.75) is 38.3 Å². The smallest absolute Gasteiger partial charge is 0.0831 e. The fraction of sp³-hybridized carbons (Fsp3) is 1.00. The molecule has 0 bridgehead atoms. The number of piperidine rings is 1. The average molecular weight is 198 g/mol. The van der Waals surface area contributed by atoms with E-state index in [1.54, 1.807) is 0 Å². The van der Waals surface area contributed by atoms with Crippen LogP contribution in [-0.2, 0) is 0 Å². The van der Waals surface area contributed by atoms with E-state index in [-0.39, 0.29) is 6.10 Å². The highest BCUT2D eigenvalue weighted by Gasteiger charge is 2.32. The van der Waals surface area contributed by atoms with Crippen LogP contribution in [0.4, 0.5) is 0 Å². The molecule has 0 aromatic rings. The largest absolute Gasteiger partial charge is 0.390 e. The van der Waals surface area contributed by atoms with Gasteiger partial charge in [-0.1, -0.05) is 13.3 Å². The first-order chi connectivity index (χ1) is 6.81. The summed E-state index contributed by atoms with van der Waals surface area (Å²) in [6, 6.07) is 0.382. The molecule has 0 saturated carbocycles. The Balaban J connectivity index is 1.82. The minimum atomic E-state index is -0.145. The quantitative estimate of drug-likeness (QED) is 0.676. The molecule has 14 heavy (non-hydrogen) atoms. The molecule has 0 aromatic heterocycles. The van der Waals surface area contributed by atoms with Crippen molar-refractivity contribution in [3.63, 3.8) is 0 Å². The Kier molecular flexibility index (Phi) is 3.42. The highest BCUT2D eigenvalue weighted by Crippen LogP contribution is 2.23. The van der Waals surface area contributed by atoms with E-state index in [0.29, 0.717) is 6.04 Å². The van der Waals surface area contributed by atoms with E-state index in [1.807, 2.05) is 0 Å². The summed E-state index contributed by atoms with van der Waals surface area (Å²) in [4.78, 5) is 2.47. The zero-order chi connectivity index (χ0) is 9.97.